The molecule has 0 unspecified atom stereocenters. The number of hydrogen-bond donors (Lipinski definition) is 2. The lowest BCUT2D eigenvalue weighted by Gasteiger charge is -2.35. The van der Waals surface area contributed by atoms with Crippen LogP contribution >= 0.6 is 0 Å². The number of nitrogens with zero attached hydrogens (tertiary/aromatic N) is 1. The van der Waals surface area contributed by atoms with Crippen molar-refractivity contribution < 1.29 is 14.8 Å². The Morgan fingerprint density at radius 2 is 2.25 bits per heavy atom. The van der Waals surface area contributed by atoms with Crippen molar-refractivity contribution >= 4 is 17.3 Å². The summed E-state index contributed by atoms with van der Waals surface area (Å²) >= 11 is 0. The molecule has 6 heteroatoms. The Labute approximate surface area is 115 Å². The van der Waals surface area contributed by atoms with Gasteiger partial charge in [-0.15, -0.1) is 0 Å². The minimum absolute atomic E-state index is 0.0146. The molecule has 0 saturated carbocycles. The lowest BCUT2D eigenvalue weighted by molar-refractivity contribution is -0.385. The fourth-order valence-corrected chi connectivity index (χ4v) is 3.25. The van der Waals surface area contributed by atoms with Crippen LogP contribution in [0.1, 0.15) is 23.5 Å². The van der Waals surface area contributed by atoms with E-state index in [4.69, 9.17) is 0 Å². The fraction of sp³-hybridized carbons (Fsp3) is 0.357. The molecule has 1 aromatic carbocycles. The maximum atomic E-state index is 11.4. The molecule has 0 aromatic heterocycles. The van der Waals surface area contributed by atoms with Crippen molar-refractivity contribution in [2.24, 2.45) is 5.92 Å². The van der Waals surface area contributed by atoms with Crippen LogP contribution in [0.25, 0.3) is 0 Å². The normalized spacial score (nSPS) is 26.6. The van der Waals surface area contributed by atoms with Crippen LogP contribution in [-0.2, 0) is 4.79 Å². The summed E-state index contributed by atoms with van der Waals surface area (Å²) in [6.07, 6.45) is 4.70. The number of nitro groups is 1. The smallest absolute Gasteiger partial charge is 0.326 e. The van der Waals surface area contributed by atoms with E-state index in [9.17, 15) is 20.0 Å². The minimum Gasteiger partial charge on any atom is -0.480 e. The summed E-state index contributed by atoms with van der Waals surface area (Å²) in [4.78, 5) is 22.0. The van der Waals surface area contributed by atoms with Gasteiger partial charge in [-0.2, -0.15) is 0 Å². The van der Waals surface area contributed by atoms with Gasteiger partial charge in [0, 0.05) is 23.6 Å². The van der Waals surface area contributed by atoms with E-state index in [1.54, 1.807) is 13.0 Å². The maximum Gasteiger partial charge on any atom is 0.326 e. The Bertz CT molecular complexity index is 638. The molecule has 1 aliphatic heterocycles. The van der Waals surface area contributed by atoms with E-state index >= 15 is 0 Å². The van der Waals surface area contributed by atoms with Gasteiger partial charge in [-0.25, -0.2) is 4.79 Å². The number of hydrogen-bond acceptors (Lipinski definition) is 4. The first-order valence-electron chi connectivity index (χ1n) is 6.44. The quantitative estimate of drug-likeness (QED) is 0.491. The number of allylic oxidation sites excluding steroid dienone is 2. The molecule has 0 spiro atoms. The van der Waals surface area contributed by atoms with Gasteiger partial charge in [0.05, 0.1) is 10.5 Å². The number of nitro benzene ring substituents is 1. The molecule has 1 aromatic rings. The van der Waals surface area contributed by atoms with Crippen LogP contribution in [0.15, 0.2) is 24.3 Å². The van der Waals surface area contributed by atoms with Crippen LogP contribution in [0.5, 0.6) is 0 Å². The van der Waals surface area contributed by atoms with Gasteiger partial charge in [-0.05, 0) is 25.0 Å². The number of carbonyl (C=O) groups is 1. The van der Waals surface area contributed by atoms with Crippen molar-refractivity contribution in [3.63, 3.8) is 0 Å². The highest BCUT2D eigenvalue weighted by atomic mass is 16.6. The van der Waals surface area contributed by atoms with Gasteiger partial charge in [0.15, 0.2) is 0 Å². The molecule has 2 N–H and O–H groups in total. The Kier molecular flexibility index (Phi) is 2.74. The van der Waals surface area contributed by atoms with Crippen LogP contribution < -0.4 is 5.32 Å². The number of rotatable bonds is 2. The first-order chi connectivity index (χ1) is 9.50. The fourth-order valence-electron chi connectivity index (χ4n) is 3.25. The van der Waals surface area contributed by atoms with Crippen molar-refractivity contribution in [1.82, 2.24) is 0 Å². The molecular formula is C14H14N2O4. The zero-order valence-electron chi connectivity index (χ0n) is 10.9. The van der Waals surface area contributed by atoms with Gasteiger partial charge in [0.1, 0.15) is 6.04 Å². The summed E-state index contributed by atoms with van der Waals surface area (Å²) < 4.78 is 0. The van der Waals surface area contributed by atoms with Crippen LogP contribution in [0.2, 0.25) is 0 Å². The molecule has 0 saturated heterocycles. The number of nitrogens with one attached hydrogen (secondary N) is 1. The molecule has 1 aliphatic carbocycles. The van der Waals surface area contributed by atoms with Gasteiger partial charge in [-0.3, -0.25) is 10.1 Å². The zero-order valence-corrected chi connectivity index (χ0v) is 10.9. The van der Waals surface area contributed by atoms with E-state index in [1.807, 2.05) is 12.2 Å². The van der Waals surface area contributed by atoms with Gasteiger partial charge < -0.3 is 10.4 Å². The molecule has 0 amide bonds. The number of fused-ring (bicyclic) bond motifs is 3. The lowest BCUT2D eigenvalue weighted by atomic mass is 9.78. The lowest BCUT2D eigenvalue weighted by Crippen LogP contribution is -2.42. The Balaban J connectivity index is 2.15. The van der Waals surface area contributed by atoms with Gasteiger partial charge in [0.2, 0.25) is 0 Å². The molecule has 0 radical (unpaired) electrons. The highest BCUT2D eigenvalue weighted by Crippen LogP contribution is 2.47. The van der Waals surface area contributed by atoms with Gasteiger partial charge >= 0.3 is 5.97 Å². The third-order valence-electron chi connectivity index (χ3n) is 4.23. The molecule has 20 heavy (non-hydrogen) atoms. The molecule has 3 rings (SSSR count). The summed E-state index contributed by atoms with van der Waals surface area (Å²) in [6.45, 7) is 1.65. The third kappa shape index (κ3) is 1.68. The highest BCUT2D eigenvalue weighted by molar-refractivity contribution is 5.82. The van der Waals surface area contributed by atoms with Crippen molar-refractivity contribution in [2.45, 2.75) is 25.3 Å². The first-order valence-corrected chi connectivity index (χ1v) is 6.44. The van der Waals surface area contributed by atoms with Gasteiger partial charge in [-0.1, -0.05) is 12.2 Å². The summed E-state index contributed by atoms with van der Waals surface area (Å²) in [7, 11) is 0. The maximum absolute atomic E-state index is 11.4. The van der Waals surface area contributed by atoms with Crippen LogP contribution in [0.3, 0.4) is 0 Å². The Hall–Kier alpha value is -2.37. The molecule has 1 heterocycles. The minimum atomic E-state index is -0.916. The van der Waals surface area contributed by atoms with E-state index < -0.39 is 16.9 Å². The molecule has 0 fully saturated rings. The van der Waals surface area contributed by atoms with E-state index in [0.29, 0.717) is 17.7 Å². The molecular weight excluding hydrogens is 260 g/mol. The number of benzene rings is 1. The van der Waals surface area contributed by atoms with Crippen molar-refractivity contribution in [3.05, 3.63) is 45.5 Å². The monoisotopic (exact) mass is 274 g/mol. The molecule has 6 nitrogen and oxygen atoms in total. The Morgan fingerprint density at radius 1 is 1.50 bits per heavy atom. The topological polar surface area (TPSA) is 92.5 Å². The first kappa shape index (κ1) is 12.7. The average Bonchev–Trinajstić information content (AvgIpc) is 2.86. The second kappa shape index (κ2) is 4.33. The van der Waals surface area contributed by atoms with E-state index in [0.717, 1.165) is 5.56 Å². The largest absolute Gasteiger partial charge is 0.480 e. The number of carboxylic acids is 1. The van der Waals surface area contributed by atoms with Crippen molar-refractivity contribution in [1.29, 1.82) is 0 Å². The SMILES string of the molecule is Cc1c([N+](=O)[O-])ccc2c1N[C@@H](C(=O)O)[C@@H]1CC=C[C@H]21. The van der Waals surface area contributed by atoms with Crippen LogP contribution in [0.4, 0.5) is 11.4 Å². The van der Waals surface area contributed by atoms with E-state index in [2.05, 4.69) is 5.32 Å². The summed E-state index contributed by atoms with van der Waals surface area (Å²) in [5.74, 6) is -0.923. The zero-order chi connectivity index (χ0) is 14.4. The van der Waals surface area contributed by atoms with Crippen molar-refractivity contribution in [3.8, 4) is 0 Å². The van der Waals surface area contributed by atoms with Gasteiger partial charge in [0.25, 0.3) is 5.69 Å². The summed E-state index contributed by atoms with van der Waals surface area (Å²) in [5, 5.41) is 23.3. The number of carboxylic acid groups (broad SMARTS) is 1. The Morgan fingerprint density at radius 3 is 2.90 bits per heavy atom. The summed E-state index contributed by atoms with van der Waals surface area (Å²) in [5.41, 5.74) is 2.06. The molecule has 2 aliphatic rings. The molecule has 104 valence electrons. The second-order valence-electron chi connectivity index (χ2n) is 5.24. The second-order valence-corrected chi connectivity index (χ2v) is 5.24. The molecule has 0 bridgehead atoms. The van der Waals surface area contributed by atoms with Crippen LogP contribution in [0, 0.1) is 23.0 Å². The third-order valence-corrected chi connectivity index (χ3v) is 4.23. The molecule has 3 atom stereocenters. The summed E-state index contributed by atoms with van der Waals surface area (Å²) in [6, 6.07) is 2.53. The predicted octanol–water partition coefficient (Wildman–Crippen LogP) is 2.44. The average molecular weight is 274 g/mol. The highest BCUT2D eigenvalue weighted by Gasteiger charge is 2.42. The van der Waals surface area contributed by atoms with Crippen molar-refractivity contribution in [2.75, 3.05) is 5.32 Å². The standard InChI is InChI=1S/C14H14N2O4/c1-7-11(16(19)20)6-5-10-8-3-2-4-9(8)13(14(17)18)15-12(7)10/h2-3,5-6,8-9,13,15H,4H2,1H3,(H,17,18)/t8-,9+,13+/m0/s1. The predicted molar refractivity (Wildman–Crippen MR) is 72.9 cm³/mol. The van der Waals surface area contributed by atoms with E-state index in [-0.39, 0.29) is 17.5 Å². The number of aliphatic carboxylic acids is 1. The number of anilines is 1. The van der Waals surface area contributed by atoms with E-state index in [1.165, 1.54) is 6.07 Å². The van der Waals surface area contributed by atoms with Crippen LogP contribution in [-0.4, -0.2) is 22.0 Å².